The molecule has 0 fully saturated rings. The predicted octanol–water partition coefficient (Wildman–Crippen LogP) is 10.7. The van der Waals surface area contributed by atoms with Gasteiger partial charge in [0.2, 0.25) is 0 Å². The third-order valence-corrected chi connectivity index (χ3v) is 10.7. The van der Waals surface area contributed by atoms with Crippen LogP contribution in [-0.4, -0.2) is 37.0 Å². The zero-order chi connectivity index (χ0) is 48.0. The normalized spacial score (nSPS) is 11.1. The number of esters is 3. The summed E-state index contributed by atoms with van der Waals surface area (Å²) in [4.78, 5) is 55.3. The summed E-state index contributed by atoms with van der Waals surface area (Å²) >= 11 is 0. The van der Waals surface area contributed by atoms with E-state index in [4.69, 9.17) is 33.2 Å². The molecule has 7 aromatic carbocycles. The van der Waals surface area contributed by atoms with Crippen molar-refractivity contribution < 1.29 is 52.3 Å². The minimum atomic E-state index is -1.00. The minimum absolute atomic E-state index is 0.0476. The molecule has 346 valence electrons. The molecule has 0 saturated carbocycles. The monoisotopic (exact) mass is 913 g/mol. The lowest BCUT2D eigenvalue weighted by molar-refractivity contribution is -0.146. The molecule has 0 bridgehead atoms. The summed E-state index contributed by atoms with van der Waals surface area (Å²) in [6.45, 7) is 7.05. The van der Waals surface area contributed by atoms with Crippen LogP contribution >= 0.6 is 0 Å². The largest absolute Gasteiger partial charge is 0.497 e. The van der Waals surface area contributed by atoms with E-state index < -0.39 is 29.9 Å². The van der Waals surface area contributed by atoms with Crippen molar-refractivity contribution in [3.05, 3.63) is 213 Å². The SMILES string of the molecule is COc1cc(C)c(C(=O)Oc2cc(C)c(C(=O)Oc3cc(C)c(C(=O)N[C@@H](C)C(=O)OCc4ccccc4)c(OCc4ccccc4)c3)c(OCc3ccccc3)c2)c(OCc2ccccc2)c1. The van der Waals surface area contributed by atoms with Crippen molar-refractivity contribution in [2.75, 3.05) is 7.11 Å². The Morgan fingerprint density at radius 3 is 1.19 bits per heavy atom. The van der Waals surface area contributed by atoms with E-state index >= 15 is 0 Å². The maximum absolute atomic E-state index is 14.4. The number of carbonyl (C=O) groups is 4. The van der Waals surface area contributed by atoms with E-state index in [0.717, 1.165) is 22.3 Å². The molecule has 7 aromatic rings. The van der Waals surface area contributed by atoms with Crippen molar-refractivity contribution >= 4 is 23.8 Å². The van der Waals surface area contributed by atoms with Crippen LogP contribution in [0.2, 0.25) is 0 Å². The van der Waals surface area contributed by atoms with Gasteiger partial charge in [-0.1, -0.05) is 121 Å². The molecule has 0 spiro atoms. The quantitative estimate of drug-likeness (QED) is 0.0611. The van der Waals surface area contributed by atoms with Crippen molar-refractivity contribution in [2.45, 2.75) is 60.2 Å². The molecule has 1 atom stereocenters. The second kappa shape index (κ2) is 22.7. The van der Waals surface area contributed by atoms with Gasteiger partial charge in [0.05, 0.1) is 12.7 Å². The Labute approximate surface area is 395 Å². The van der Waals surface area contributed by atoms with Crippen LogP contribution in [0, 0.1) is 20.8 Å². The van der Waals surface area contributed by atoms with Gasteiger partial charge in [0.15, 0.2) is 0 Å². The molecule has 1 amide bonds. The van der Waals surface area contributed by atoms with E-state index in [2.05, 4.69) is 5.32 Å². The van der Waals surface area contributed by atoms with Crippen LogP contribution in [0.15, 0.2) is 158 Å². The topological polar surface area (TPSA) is 145 Å². The first-order valence-electron chi connectivity index (χ1n) is 21.9. The van der Waals surface area contributed by atoms with Crippen LogP contribution in [0.1, 0.15) is 76.9 Å². The number of aryl methyl sites for hydroxylation is 3. The number of ether oxygens (including phenoxy) is 7. The maximum Gasteiger partial charge on any atom is 0.347 e. The lowest BCUT2D eigenvalue weighted by Gasteiger charge is -2.19. The van der Waals surface area contributed by atoms with Gasteiger partial charge < -0.3 is 38.5 Å². The van der Waals surface area contributed by atoms with Gasteiger partial charge in [-0.05, 0) is 84.8 Å². The van der Waals surface area contributed by atoms with Crippen molar-refractivity contribution in [3.8, 4) is 34.5 Å². The molecule has 0 aromatic heterocycles. The summed E-state index contributed by atoms with van der Waals surface area (Å²) in [5.41, 5.74) is 5.12. The summed E-state index contributed by atoms with van der Waals surface area (Å²) < 4.78 is 41.7. The highest BCUT2D eigenvalue weighted by molar-refractivity contribution is 6.01. The Morgan fingerprint density at radius 1 is 0.456 bits per heavy atom. The van der Waals surface area contributed by atoms with Gasteiger partial charge in [-0.15, -0.1) is 0 Å². The van der Waals surface area contributed by atoms with Crippen LogP contribution in [0.4, 0.5) is 0 Å². The summed E-state index contributed by atoms with van der Waals surface area (Å²) in [5.74, 6) is -1.53. The molecule has 7 rings (SSSR count). The van der Waals surface area contributed by atoms with Gasteiger partial charge in [0.1, 0.15) is 78.1 Å². The summed E-state index contributed by atoms with van der Waals surface area (Å²) in [6.07, 6.45) is 0. The molecule has 1 N–H and O–H groups in total. The molecule has 0 heterocycles. The van der Waals surface area contributed by atoms with Gasteiger partial charge in [0.25, 0.3) is 5.91 Å². The standard InChI is InChI=1S/C56H51NO11/c1-36-27-45(30-47(63-32-40-18-10-6-11-19-40)50(36)53(58)57-39(4)54(59)66-35-43-24-16-9-17-25-43)67-56(61)52-38(3)28-46(31-49(52)65-34-42-22-14-8-15-23-42)68-55(60)51-37(2)26-44(62-5)29-48(51)64-33-41-20-12-7-13-21-41/h6-31,39H,32-35H2,1-5H3,(H,57,58)/t39-/m0/s1. The first kappa shape index (κ1) is 47.6. The predicted molar refractivity (Wildman–Crippen MR) is 255 cm³/mol. The molecule has 0 unspecified atom stereocenters. The average molecular weight is 914 g/mol. The minimum Gasteiger partial charge on any atom is -0.497 e. The smallest absolute Gasteiger partial charge is 0.347 e. The first-order valence-corrected chi connectivity index (χ1v) is 21.9. The fourth-order valence-corrected chi connectivity index (χ4v) is 7.26. The lowest BCUT2D eigenvalue weighted by atomic mass is 10.0. The Kier molecular flexibility index (Phi) is 15.9. The van der Waals surface area contributed by atoms with E-state index in [1.165, 1.54) is 32.2 Å². The van der Waals surface area contributed by atoms with Gasteiger partial charge in [-0.2, -0.15) is 0 Å². The second-order valence-electron chi connectivity index (χ2n) is 15.9. The molecule has 0 saturated heterocycles. The number of amides is 1. The van der Waals surface area contributed by atoms with Crippen LogP contribution in [0.25, 0.3) is 0 Å². The van der Waals surface area contributed by atoms with Crippen molar-refractivity contribution in [1.82, 2.24) is 5.32 Å². The second-order valence-corrected chi connectivity index (χ2v) is 15.9. The molecule has 0 aliphatic carbocycles. The van der Waals surface area contributed by atoms with Crippen LogP contribution < -0.4 is 33.7 Å². The van der Waals surface area contributed by atoms with Gasteiger partial charge >= 0.3 is 17.9 Å². The molecule has 12 heteroatoms. The molecule has 0 aliphatic rings. The van der Waals surface area contributed by atoms with Crippen molar-refractivity contribution in [3.63, 3.8) is 0 Å². The van der Waals surface area contributed by atoms with Crippen LogP contribution in [0.5, 0.6) is 34.5 Å². The Bertz CT molecular complexity index is 2870. The van der Waals surface area contributed by atoms with E-state index in [1.807, 2.05) is 121 Å². The number of methoxy groups -OCH3 is 1. The summed E-state index contributed by atoms with van der Waals surface area (Å²) in [6, 6.07) is 45.8. The van der Waals surface area contributed by atoms with Crippen LogP contribution in [-0.2, 0) is 36.0 Å². The Morgan fingerprint density at radius 2 is 0.794 bits per heavy atom. The van der Waals surface area contributed by atoms with Gasteiger partial charge in [-0.25, -0.2) is 14.4 Å². The number of carbonyl (C=O) groups excluding carboxylic acids is 4. The third kappa shape index (κ3) is 12.5. The number of nitrogens with one attached hydrogen (secondary N) is 1. The van der Waals surface area contributed by atoms with E-state index in [9.17, 15) is 19.2 Å². The molecule has 0 radical (unpaired) electrons. The fraction of sp³-hybridized carbons (Fsp3) is 0.179. The summed E-state index contributed by atoms with van der Waals surface area (Å²) in [5, 5.41) is 2.73. The van der Waals surface area contributed by atoms with E-state index in [-0.39, 0.29) is 71.9 Å². The number of hydrogen-bond acceptors (Lipinski definition) is 11. The molecular formula is C56H51NO11. The molecule has 0 aliphatic heterocycles. The van der Waals surface area contributed by atoms with Crippen LogP contribution in [0.3, 0.4) is 0 Å². The lowest BCUT2D eigenvalue weighted by Crippen LogP contribution is -2.40. The molecule has 68 heavy (non-hydrogen) atoms. The molecular weight excluding hydrogens is 863 g/mol. The highest BCUT2D eigenvalue weighted by Crippen LogP contribution is 2.36. The number of rotatable bonds is 19. The summed E-state index contributed by atoms with van der Waals surface area (Å²) in [7, 11) is 1.53. The van der Waals surface area contributed by atoms with Crippen molar-refractivity contribution in [2.24, 2.45) is 0 Å². The molecule has 12 nitrogen and oxygen atoms in total. The zero-order valence-corrected chi connectivity index (χ0v) is 38.4. The Hall–Kier alpha value is -8.38. The first-order chi connectivity index (χ1) is 32.9. The maximum atomic E-state index is 14.4. The van der Waals surface area contributed by atoms with Crippen molar-refractivity contribution in [1.29, 1.82) is 0 Å². The van der Waals surface area contributed by atoms with Gasteiger partial charge in [-0.3, -0.25) is 4.79 Å². The van der Waals surface area contributed by atoms with Gasteiger partial charge in [0, 0.05) is 18.2 Å². The number of hydrogen-bond donors (Lipinski definition) is 1. The third-order valence-electron chi connectivity index (χ3n) is 10.7. The Balaban J connectivity index is 1.16. The zero-order valence-electron chi connectivity index (χ0n) is 38.4. The fourth-order valence-electron chi connectivity index (χ4n) is 7.26. The highest BCUT2D eigenvalue weighted by atomic mass is 16.6. The highest BCUT2D eigenvalue weighted by Gasteiger charge is 2.27. The average Bonchev–Trinajstić information content (AvgIpc) is 3.34. The van der Waals surface area contributed by atoms with E-state index in [0.29, 0.717) is 22.4 Å². The van der Waals surface area contributed by atoms with E-state index in [1.54, 1.807) is 39.0 Å². The number of benzene rings is 7.